The van der Waals surface area contributed by atoms with Gasteiger partial charge in [0.2, 0.25) is 0 Å². The van der Waals surface area contributed by atoms with E-state index in [-0.39, 0.29) is 0 Å². The Hall–Kier alpha value is -1.81. The van der Waals surface area contributed by atoms with Crippen molar-refractivity contribution in [2.24, 2.45) is 5.73 Å². The summed E-state index contributed by atoms with van der Waals surface area (Å²) in [5.41, 5.74) is 9.75. The van der Waals surface area contributed by atoms with Gasteiger partial charge in [-0.2, -0.15) is 0 Å². The maximum absolute atomic E-state index is 5.80. The predicted molar refractivity (Wildman–Crippen MR) is 69.4 cm³/mol. The smallest absolute Gasteiger partial charge is 0.134 e. The highest BCUT2D eigenvalue weighted by atomic mass is 16.5. The van der Waals surface area contributed by atoms with Gasteiger partial charge in [-0.15, -0.1) is 0 Å². The Morgan fingerprint density at radius 1 is 1.17 bits per heavy atom. The molecule has 1 aromatic heterocycles. The van der Waals surface area contributed by atoms with Gasteiger partial charge in [-0.05, 0) is 37.5 Å². The molecule has 4 heteroatoms. The standard InChI is InChI=1S/C14H18N2O2/c1-9-4-12(7-15)5-10(2)14(9)17-8-13-6-11(3)18-16-13/h4-6H,7-8,15H2,1-3H3. The van der Waals surface area contributed by atoms with Crippen molar-refractivity contribution in [1.82, 2.24) is 5.16 Å². The van der Waals surface area contributed by atoms with Crippen LogP contribution in [-0.4, -0.2) is 5.16 Å². The van der Waals surface area contributed by atoms with E-state index in [2.05, 4.69) is 17.3 Å². The van der Waals surface area contributed by atoms with Crippen LogP contribution in [0.5, 0.6) is 5.75 Å². The lowest BCUT2D eigenvalue weighted by atomic mass is 10.1. The molecule has 0 saturated heterocycles. The molecule has 0 unspecified atom stereocenters. The Labute approximate surface area is 107 Å². The minimum Gasteiger partial charge on any atom is -0.487 e. The normalized spacial score (nSPS) is 10.7. The van der Waals surface area contributed by atoms with Crippen molar-refractivity contribution in [1.29, 1.82) is 0 Å². The first-order valence-electron chi connectivity index (χ1n) is 5.95. The van der Waals surface area contributed by atoms with Crippen LogP contribution in [-0.2, 0) is 13.2 Å². The molecule has 0 spiro atoms. The van der Waals surface area contributed by atoms with Crippen molar-refractivity contribution in [3.05, 3.63) is 46.3 Å². The van der Waals surface area contributed by atoms with Crippen molar-refractivity contribution >= 4 is 0 Å². The zero-order chi connectivity index (χ0) is 13.1. The number of aromatic nitrogens is 1. The number of nitrogens with two attached hydrogens (primary N) is 1. The van der Waals surface area contributed by atoms with Crippen LogP contribution >= 0.6 is 0 Å². The van der Waals surface area contributed by atoms with Crippen molar-refractivity contribution in [2.75, 3.05) is 0 Å². The fourth-order valence-electron chi connectivity index (χ4n) is 2.02. The van der Waals surface area contributed by atoms with Crippen molar-refractivity contribution in [3.8, 4) is 5.75 Å². The molecular formula is C14H18N2O2. The fraction of sp³-hybridized carbons (Fsp3) is 0.357. The quantitative estimate of drug-likeness (QED) is 0.900. The molecule has 0 aliphatic heterocycles. The fourth-order valence-corrected chi connectivity index (χ4v) is 2.02. The number of nitrogens with zero attached hydrogens (tertiary/aromatic N) is 1. The van der Waals surface area contributed by atoms with E-state index in [1.54, 1.807) is 0 Å². The Kier molecular flexibility index (Phi) is 3.67. The second kappa shape index (κ2) is 5.23. The summed E-state index contributed by atoms with van der Waals surface area (Å²) in [6.07, 6.45) is 0. The van der Waals surface area contributed by atoms with E-state index in [1.807, 2.05) is 26.8 Å². The molecule has 0 atom stereocenters. The second-order valence-electron chi connectivity index (χ2n) is 4.48. The molecule has 2 N–H and O–H groups in total. The van der Waals surface area contributed by atoms with Crippen LogP contribution in [0.1, 0.15) is 28.1 Å². The van der Waals surface area contributed by atoms with Crippen LogP contribution in [0.3, 0.4) is 0 Å². The van der Waals surface area contributed by atoms with E-state index in [4.69, 9.17) is 15.0 Å². The highest BCUT2D eigenvalue weighted by Crippen LogP contribution is 2.25. The first kappa shape index (κ1) is 12.6. The van der Waals surface area contributed by atoms with Gasteiger partial charge in [0.1, 0.15) is 23.8 Å². The maximum atomic E-state index is 5.80. The van der Waals surface area contributed by atoms with E-state index in [9.17, 15) is 0 Å². The molecule has 0 radical (unpaired) electrons. The molecule has 1 aromatic carbocycles. The molecule has 0 aliphatic rings. The van der Waals surface area contributed by atoms with Crippen LogP contribution < -0.4 is 10.5 Å². The molecule has 0 saturated carbocycles. The van der Waals surface area contributed by atoms with Crippen molar-refractivity contribution in [3.63, 3.8) is 0 Å². The minimum absolute atomic E-state index is 0.418. The third-order valence-electron chi connectivity index (χ3n) is 2.80. The summed E-state index contributed by atoms with van der Waals surface area (Å²) in [4.78, 5) is 0. The lowest BCUT2D eigenvalue weighted by Gasteiger charge is -2.12. The number of aryl methyl sites for hydroxylation is 3. The Morgan fingerprint density at radius 3 is 2.33 bits per heavy atom. The molecule has 96 valence electrons. The van der Waals surface area contributed by atoms with Crippen molar-refractivity contribution in [2.45, 2.75) is 33.9 Å². The highest BCUT2D eigenvalue weighted by molar-refractivity contribution is 5.43. The van der Waals surface area contributed by atoms with Crippen LogP contribution in [0.2, 0.25) is 0 Å². The molecule has 0 fully saturated rings. The summed E-state index contributed by atoms with van der Waals surface area (Å²) in [6.45, 7) is 6.87. The number of benzene rings is 1. The molecular weight excluding hydrogens is 228 g/mol. The van der Waals surface area contributed by atoms with Crippen LogP contribution in [0.4, 0.5) is 0 Å². The summed E-state index contributed by atoms with van der Waals surface area (Å²) in [5, 5.41) is 3.90. The third kappa shape index (κ3) is 2.71. The molecule has 0 aliphatic carbocycles. The molecule has 1 heterocycles. The van der Waals surface area contributed by atoms with E-state index < -0.39 is 0 Å². The predicted octanol–water partition coefficient (Wildman–Crippen LogP) is 2.64. The van der Waals surface area contributed by atoms with E-state index in [0.29, 0.717) is 13.2 Å². The van der Waals surface area contributed by atoms with E-state index in [1.165, 1.54) is 0 Å². The average Bonchev–Trinajstić information content (AvgIpc) is 2.73. The summed E-state index contributed by atoms with van der Waals surface area (Å²) < 4.78 is 10.8. The lowest BCUT2D eigenvalue weighted by Crippen LogP contribution is -2.02. The number of hydrogen-bond acceptors (Lipinski definition) is 4. The summed E-state index contributed by atoms with van der Waals surface area (Å²) in [5.74, 6) is 1.69. The monoisotopic (exact) mass is 246 g/mol. The molecule has 0 bridgehead atoms. The zero-order valence-electron chi connectivity index (χ0n) is 11.0. The summed E-state index contributed by atoms with van der Waals surface area (Å²) in [7, 11) is 0. The van der Waals surface area contributed by atoms with Gasteiger partial charge < -0.3 is 15.0 Å². The topological polar surface area (TPSA) is 61.3 Å². The Balaban J connectivity index is 2.14. The van der Waals surface area contributed by atoms with E-state index in [0.717, 1.165) is 33.9 Å². The molecule has 2 rings (SSSR count). The van der Waals surface area contributed by atoms with Gasteiger partial charge in [-0.25, -0.2) is 0 Å². The molecule has 2 aromatic rings. The Morgan fingerprint density at radius 2 is 1.83 bits per heavy atom. The molecule has 0 amide bonds. The van der Waals surface area contributed by atoms with Gasteiger partial charge in [0, 0.05) is 12.6 Å². The first-order valence-corrected chi connectivity index (χ1v) is 5.95. The SMILES string of the molecule is Cc1cc(COc2c(C)cc(CN)cc2C)no1. The van der Waals surface area contributed by atoms with Crippen LogP contribution in [0.15, 0.2) is 22.7 Å². The highest BCUT2D eigenvalue weighted by Gasteiger charge is 2.08. The van der Waals surface area contributed by atoms with Gasteiger partial charge >= 0.3 is 0 Å². The number of ether oxygens (including phenoxy) is 1. The van der Waals surface area contributed by atoms with Gasteiger partial charge in [0.25, 0.3) is 0 Å². The zero-order valence-corrected chi connectivity index (χ0v) is 11.0. The van der Waals surface area contributed by atoms with Crippen LogP contribution in [0, 0.1) is 20.8 Å². The van der Waals surface area contributed by atoms with E-state index >= 15 is 0 Å². The van der Waals surface area contributed by atoms with Crippen molar-refractivity contribution < 1.29 is 9.26 Å². The maximum Gasteiger partial charge on any atom is 0.134 e. The largest absolute Gasteiger partial charge is 0.487 e. The minimum atomic E-state index is 0.418. The van der Waals surface area contributed by atoms with Gasteiger partial charge in [0.05, 0.1) is 0 Å². The number of hydrogen-bond donors (Lipinski definition) is 1. The number of rotatable bonds is 4. The van der Waals surface area contributed by atoms with Gasteiger partial charge in [-0.1, -0.05) is 17.3 Å². The second-order valence-corrected chi connectivity index (χ2v) is 4.48. The van der Waals surface area contributed by atoms with Gasteiger partial charge in [-0.3, -0.25) is 0 Å². The van der Waals surface area contributed by atoms with Gasteiger partial charge in [0.15, 0.2) is 0 Å². The Bertz CT molecular complexity index is 523. The summed E-state index contributed by atoms with van der Waals surface area (Å²) >= 11 is 0. The molecule has 18 heavy (non-hydrogen) atoms. The third-order valence-corrected chi connectivity index (χ3v) is 2.80. The first-order chi connectivity index (χ1) is 8.60. The van der Waals surface area contributed by atoms with Crippen LogP contribution in [0.25, 0.3) is 0 Å². The molecule has 4 nitrogen and oxygen atoms in total. The lowest BCUT2D eigenvalue weighted by molar-refractivity contribution is 0.284. The average molecular weight is 246 g/mol. The summed E-state index contributed by atoms with van der Waals surface area (Å²) in [6, 6.07) is 5.98.